The Kier molecular flexibility index (Phi) is 3.38. The van der Waals surface area contributed by atoms with Gasteiger partial charge in [-0.3, -0.25) is 0 Å². The zero-order chi connectivity index (χ0) is 12.3. The lowest BCUT2D eigenvalue weighted by Crippen LogP contribution is -2.25. The highest BCUT2D eigenvalue weighted by Crippen LogP contribution is 2.21. The van der Waals surface area contributed by atoms with Crippen LogP contribution in [0.15, 0.2) is 30.5 Å². The van der Waals surface area contributed by atoms with Gasteiger partial charge in [-0.05, 0) is 38.1 Å². The Bertz CT molecular complexity index is 488. The van der Waals surface area contributed by atoms with E-state index in [0.29, 0.717) is 6.61 Å². The summed E-state index contributed by atoms with van der Waals surface area (Å²) in [5.41, 5.74) is 1.01. The zero-order valence-corrected chi connectivity index (χ0v) is 10.6. The van der Waals surface area contributed by atoms with E-state index < -0.39 is 0 Å². The van der Waals surface area contributed by atoms with Gasteiger partial charge in [0.05, 0.1) is 12.2 Å². The summed E-state index contributed by atoms with van der Waals surface area (Å²) in [7, 11) is 1.73. The lowest BCUT2D eigenvalue weighted by atomic mass is 10.1. The Hall–Kier alpha value is -1.48. The number of hydrogen-bond donors (Lipinski definition) is 1. The maximum atomic E-state index is 5.73. The maximum Gasteiger partial charge on any atom is 0.120 e. The van der Waals surface area contributed by atoms with Crippen LogP contribution in [-0.2, 0) is 4.74 Å². The molecule has 3 nitrogen and oxygen atoms in total. The van der Waals surface area contributed by atoms with Crippen molar-refractivity contribution in [2.24, 2.45) is 0 Å². The molecule has 2 aromatic rings. The number of benzene rings is 1. The molecule has 0 saturated heterocycles. The predicted octanol–water partition coefficient (Wildman–Crippen LogP) is 3.36. The van der Waals surface area contributed by atoms with Gasteiger partial charge in [0.2, 0.25) is 0 Å². The summed E-state index contributed by atoms with van der Waals surface area (Å²) in [5, 5.41) is 1.17. The molecule has 17 heavy (non-hydrogen) atoms. The molecule has 0 aliphatic carbocycles. The molecule has 0 amide bonds. The normalized spacial score (nSPS) is 11.9. The summed E-state index contributed by atoms with van der Waals surface area (Å²) in [6, 6.07) is 8.11. The summed E-state index contributed by atoms with van der Waals surface area (Å²) < 4.78 is 11.1. The van der Waals surface area contributed by atoms with E-state index in [9.17, 15) is 0 Å². The minimum Gasteiger partial charge on any atom is -0.493 e. The standard InChI is InChI=1S/C14H19NO2/c1-14(2,16-3)7-9-17-12-4-5-13-11(10-12)6-8-15-13/h4-6,8,10,15H,7,9H2,1-3H3. The van der Waals surface area contributed by atoms with Gasteiger partial charge >= 0.3 is 0 Å². The average Bonchev–Trinajstić information content (AvgIpc) is 2.76. The Morgan fingerprint density at radius 1 is 1.24 bits per heavy atom. The number of rotatable bonds is 5. The molecular weight excluding hydrogens is 214 g/mol. The molecule has 0 spiro atoms. The number of hydrogen-bond acceptors (Lipinski definition) is 2. The van der Waals surface area contributed by atoms with Crippen LogP contribution in [0.2, 0.25) is 0 Å². The molecule has 0 fully saturated rings. The van der Waals surface area contributed by atoms with Crippen LogP contribution in [-0.4, -0.2) is 24.3 Å². The van der Waals surface area contributed by atoms with Crippen LogP contribution >= 0.6 is 0 Å². The van der Waals surface area contributed by atoms with E-state index in [2.05, 4.69) is 18.8 Å². The quantitative estimate of drug-likeness (QED) is 0.859. The molecule has 0 bridgehead atoms. The molecule has 3 heteroatoms. The monoisotopic (exact) mass is 233 g/mol. The molecule has 0 atom stereocenters. The Labute approximate surface area is 102 Å². The maximum absolute atomic E-state index is 5.73. The lowest BCUT2D eigenvalue weighted by Gasteiger charge is -2.22. The van der Waals surface area contributed by atoms with Gasteiger partial charge in [-0.15, -0.1) is 0 Å². The molecule has 0 saturated carbocycles. The minimum atomic E-state index is -0.127. The SMILES string of the molecule is COC(C)(C)CCOc1ccc2[nH]ccc2c1. The van der Waals surface area contributed by atoms with E-state index in [1.807, 2.05) is 30.5 Å². The van der Waals surface area contributed by atoms with Gasteiger partial charge in [-0.2, -0.15) is 0 Å². The number of methoxy groups -OCH3 is 1. The molecule has 2 rings (SSSR count). The fourth-order valence-electron chi connectivity index (χ4n) is 1.64. The topological polar surface area (TPSA) is 34.2 Å². The summed E-state index contributed by atoms with van der Waals surface area (Å²) >= 11 is 0. The number of fused-ring (bicyclic) bond motifs is 1. The molecule has 0 aliphatic rings. The number of aromatic amines is 1. The van der Waals surface area contributed by atoms with Crippen molar-refractivity contribution in [3.8, 4) is 5.75 Å². The third-order valence-electron chi connectivity index (χ3n) is 3.05. The first-order valence-electron chi connectivity index (χ1n) is 5.86. The van der Waals surface area contributed by atoms with Crippen molar-refractivity contribution < 1.29 is 9.47 Å². The van der Waals surface area contributed by atoms with Gasteiger partial charge in [-0.25, -0.2) is 0 Å². The van der Waals surface area contributed by atoms with Gasteiger partial charge in [0, 0.05) is 30.6 Å². The Morgan fingerprint density at radius 3 is 2.82 bits per heavy atom. The summed E-state index contributed by atoms with van der Waals surface area (Å²) in [6.45, 7) is 4.79. The van der Waals surface area contributed by atoms with Crippen LogP contribution in [0.1, 0.15) is 20.3 Å². The summed E-state index contributed by atoms with van der Waals surface area (Å²) in [4.78, 5) is 3.16. The van der Waals surface area contributed by atoms with E-state index in [-0.39, 0.29) is 5.60 Å². The van der Waals surface area contributed by atoms with Crippen molar-refractivity contribution in [1.29, 1.82) is 0 Å². The highest BCUT2D eigenvalue weighted by Gasteiger charge is 2.15. The van der Waals surface area contributed by atoms with Gasteiger partial charge in [0.15, 0.2) is 0 Å². The third kappa shape index (κ3) is 3.01. The number of nitrogens with one attached hydrogen (secondary N) is 1. The number of aromatic nitrogens is 1. The molecule has 0 radical (unpaired) electrons. The van der Waals surface area contributed by atoms with Crippen LogP contribution < -0.4 is 4.74 Å². The summed E-state index contributed by atoms with van der Waals surface area (Å²) in [5.74, 6) is 0.906. The molecule has 1 N–H and O–H groups in total. The fraction of sp³-hybridized carbons (Fsp3) is 0.429. The second kappa shape index (κ2) is 4.80. The molecule has 1 heterocycles. The van der Waals surface area contributed by atoms with Crippen molar-refractivity contribution in [3.05, 3.63) is 30.5 Å². The predicted molar refractivity (Wildman–Crippen MR) is 69.5 cm³/mol. The smallest absolute Gasteiger partial charge is 0.120 e. The van der Waals surface area contributed by atoms with Crippen molar-refractivity contribution in [2.45, 2.75) is 25.9 Å². The Balaban J connectivity index is 1.95. The molecular formula is C14H19NO2. The second-order valence-electron chi connectivity index (χ2n) is 4.79. The molecule has 0 unspecified atom stereocenters. The van der Waals surface area contributed by atoms with Crippen LogP contribution in [0.4, 0.5) is 0 Å². The number of H-pyrrole nitrogens is 1. The minimum absolute atomic E-state index is 0.127. The number of ether oxygens (including phenoxy) is 2. The molecule has 1 aromatic heterocycles. The lowest BCUT2D eigenvalue weighted by molar-refractivity contribution is 0.00547. The zero-order valence-electron chi connectivity index (χ0n) is 10.6. The average molecular weight is 233 g/mol. The fourth-order valence-corrected chi connectivity index (χ4v) is 1.64. The first-order chi connectivity index (χ1) is 8.11. The van der Waals surface area contributed by atoms with Crippen molar-refractivity contribution >= 4 is 10.9 Å². The van der Waals surface area contributed by atoms with Gasteiger partial charge in [0.25, 0.3) is 0 Å². The Morgan fingerprint density at radius 2 is 2.06 bits per heavy atom. The first-order valence-corrected chi connectivity index (χ1v) is 5.86. The molecule has 92 valence electrons. The van der Waals surface area contributed by atoms with Crippen LogP contribution in [0, 0.1) is 0 Å². The van der Waals surface area contributed by atoms with Crippen molar-refractivity contribution in [2.75, 3.05) is 13.7 Å². The highest BCUT2D eigenvalue weighted by atomic mass is 16.5. The van der Waals surface area contributed by atoms with E-state index in [1.54, 1.807) is 7.11 Å². The molecule has 1 aromatic carbocycles. The molecule has 0 aliphatic heterocycles. The van der Waals surface area contributed by atoms with Gasteiger partial charge in [-0.1, -0.05) is 0 Å². The first kappa shape index (κ1) is 12.0. The van der Waals surface area contributed by atoms with E-state index in [1.165, 1.54) is 5.39 Å². The van der Waals surface area contributed by atoms with Crippen molar-refractivity contribution in [1.82, 2.24) is 4.98 Å². The third-order valence-corrected chi connectivity index (χ3v) is 3.05. The van der Waals surface area contributed by atoms with Crippen LogP contribution in [0.5, 0.6) is 5.75 Å². The largest absolute Gasteiger partial charge is 0.493 e. The van der Waals surface area contributed by atoms with Crippen molar-refractivity contribution in [3.63, 3.8) is 0 Å². The van der Waals surface area contributed by atoms with Gasteiger partial charge in [0.1, 0.15) is 5.75 Å². The van der Waals surface area contributed by atoms with E-state index in [4.69, 9.17) is 9.47 Å². The highest BCUT2D eigenvalue weighted by molar-refractivity contribution is 5.80. The second-order valence-corrected chi connectivity index (χ2v) is 4.79. The van der Waals surface area contributed by atoms with Gasteiger partial charge < -0.3 is 14.5 Å². The van der Waals surface area contributed by atoms with E-state index in [0.717, 1.165) is 17.7 Å². The van der Waals surface area contributed by atoms with Crippen LogP contribution in [0.3, 0.4) is 0 Å². The summed E-state index contributed by atoms with van der Waals surface area (Å²) in [6.07, 6.45) is 2.80. The van der Waals surface area contributed by atoms with Crippen LogP contribution in [0.25, 0.3) is 10.9 Å². The van der Waals surface area contributed by atoms with E-state index >= 15 is 0 Å².